The molecular formula is C16H22N2. The van der Waals surface area contributed by atoms with Crippen LogP contribution in [-0.2, 0) is 0 Å². The maximum absolute atomic E-state index is 9.34. The van der Waals surface area contributed by atoms with E-state index in [4.69, 9.17) is 0 Å². The predicted octanol–water partition coefficient (Wildman–Crippen LogP) is 3.83. The van der Waals surface area contributed by atoms with Crippen LogP contribution in [0.15, 0.2) is 43.0 Å². The summed E-state index contributed by atoms with van der Waals surface area (Å²) in [6.45, 7) is 10.0. The Kier molecular flexibility index (Phi) is 5.12. The third kappa shape index (κ3) is 3.72. The molecule has 2 heteroatoms. The Bertz CT molecular complexity index is 414. The fraction of sp³-hybridized carbons (Fsp3) is 0.438. The summed E-state index contributed by atoms with van der Waals surface area (Å²) in [5.74, 6) is 0. The van der Waals surface area contributed by atoms with Crippen LogP contribution in [0.5, 0.6) is 0 Å². The van der Waals surface area contributed by atoms with E-state index in [2.05, 4.69) is 50.9 Å². The predicted molar refractivity (Wildman–Crippen MR) is 76.0 cm³/mol. The van der Waals surface area contributed by atoms with Gasteiger partial charge in [0.15, 0.2) is 0 Å². The lowest BCUT2D eigenvalue weighted by molar-refractivity contribution is 0.274. The molecule has 0 aromatic heterocycles. The second kappa shape index (κ2) is 6.37. The topological polar surface area (TPSA) is 35.8 Å². The maximum atomic E-state index is 9.34. The van der Waals surface area contributed by atoms with Crippen molar-refractivity contribution in [2.24, 2.45) is 5.41 Å². The van der Waals surface area contributed by atoms with Gasteiger partial charge in [0, 0.05) is 6.04 Å². The average Bonchev–Trinajstić information content (AvgIpc) is 2.36. The van der Waals surface area contributed by atoms with Crippen LogP contribution >= 0.6 is 0 Å². The molecule has 18 heavy (non-hydrogen) atoms. The molecule has 0 saturated heterocycles. The van der Waals surface area contributed by atoms with E-state index >= 15 is 0 Å². The molecule has 1 unspecified atom stereocenters. The first-order chi connectivity index (χ1) is 8.51. The van der Waals surface area contributed by atoms with Gasteiger partial charge in [-0.15, -0.1) is 6.58 Å². The number of nitrogens with zero attached hydrogens (tertiary/aromatic N) is 1. The molecule has 2 nitrogen and oxygen atoms in total. The molecule has 0 aliphatic carbocycles. The summed E-state index contributed by atoms with van der Waals surface area (Å²) < 4.78 is 0. The summed E-state index contributed by atoms with van der Waals surface area (Å²) in [6, 6.07) is 12.5. The van der Waals surface area contributed by atoms with Crippen molar-refractivity contribution in [3.05, 3.63) is 48.6 Å². The summed E-state index contributed by atoms with van der Waals surface area (Å²) in [5.41, 5.74) is 1.09. The molecule has 0 bridgehead atoms. The van der Waals surface area contributed by atoms with Gasteiger partial charge in [-0.1, -0.05) is 50.3 Å². The minimum absolute atomic E-state index is 0.112. The van der Waals surface area contributed by atoms with Crippen LogP contribution in [0.25, 0.3) is 0 Å². The van der Waals surface area contributed by atoms with Gasteiger partial charge < -0.3 is 0 Å². The Morgan fingerprint density at radius 3 is 2.50 bits per heavy atom. The second-order valence-corrected chi connectivity index (χ2v) is 5.34. The van der Waals surface area contributed by atoms with Crippen molar-refractivity contribution in [1.29, 1.82) is 5.26 Å². The van der Waals surface area contributed by atoms with Crippen molar-refractivity contribution in [2.75, 3.05) is 0 Å². The van der Waals surface area contributed by atoms with Crippen LogP contribution < -0.4 is 5.32 Å². The van der Waals surface area contributed by atoms with E-state index in [0.717, 1.165) is 6.42 Å². The molecule has 1 aromatic carbocycles. The molecule has 0 saturated carbocycles. The molecule has 0 aliphatic rings. The van der Waals surface area contributed by atoms with Crippen LogP contribution in [0.3, 0.4) is 0 Å². The van der Waals surface area contributed by atoms with E-state index in [0.29, 0.717) is 0 Å². The molecule has 96 valence electrons. The highest BCUT2D eigenvalue weighted by Crippen LogP contribution is 2.27. The summed E-state index contributed by atoms with van der Waals surface area (Å²) >= 11 is 0. The zero-order valence-corrected chi connectivity index (χ0v) is 11.5. The highest BCUT2D eigenvalue weighted by atomic mass is 15.0. The zero-order chi connectivity index (χ0) is 13.6. The largest absolute Gasteiger partial charge is 0.295 e. The molecule has 1 rings (SSSR count). The van der Waals surface area contributed by atoms with Crippen molar-refractivity contribution in [1.82, 2.24) is 5.32 Å². The molecule has 0 spiro atoms. The number of benzene rings is 1. The van der Waals surface area contributed by atoms with Gasteiger partial charge in [0.25, 0.3) is 0 Å². The van der Waals surface area contributed by atoms with E-state index in [1.807, 2.05) is 24.3 Å². The van der Waals surface area contributed by atoms with Crippen LogP contribution in [0.1, 0.15) is 38.8 Å². The number of hydrogen-bond donors (Lipinski definition) is 1. The SMILES string of the molecule is C=CCC(C)(C)[C@H](C#N)NC(C)c1ccccc1. The first-order valence-electron chi connectivity index (χ1n) is 6.33. The summed E-state index contributed by atoms with van der Waals surface area (Å²) in [6.07, 6.45) is 2.69. The minimum Gasteiger partial charge on any atom is -0.295 e. The number of nitrogens with one attached hydrogen (secondary N) is 1. The number of nitriles is 1. The number of hydrogen-bond acceptors (Lipinski definition) is 2. The van der Waals surface area contributed by atoms with E-state index in [1.165, 1.54) is 5.56 Å². The molecule has 0 radical (unpaired) electrons. The second-order valence-electron chi connectivity index (χ2n) is 5.34. The van der Waals surface area contributed by atoms with Gasteiger partial charge in [-0.3, -0.25) is 5.32 Å². The van der Waals surface area contributed by atoms with Crippen molar-refractivity contribution < 1.29 is 0 Å². The Labute approximate surface area is 110 Å². The summed E-state index contributed by atoms with van der Waals surface area (Å²) in [7, 11) is 0. The fourth-order valence-corrected chi connectivity index (χ4v) is 2.02. The van der Waals surface area contributed by atoms with Crippen molar-refractivity contribution in [3.8, 4) is 6.07 Å². The van der Waals surface area contributed by atoms with Gasteiger partial charge >= 0.3 is 0 Å². The van der Waals surface area contributed by atoms with Crippen molar-refractivity contribution in [2.45, 2.75) is 39.3 Å². The third-order valence-corrected chi connectivity index (χ3v) is 3.30. The Morgan fingerprint density at radius 2 is 2.00 bits per heavy atom. The minimum atomic E-state index is -0.189. The number of rotatable bonds is 6. The normalized spacial score (nSPS) is 14.6. The summed E-state index contributed by atoms with van der Waals surface area (Å²) in [5, 5.41) is 12.7. The first-order valence-corrected chi connectivity index (χ1v) is 6.33. The molecule has 0 amide bonds. The third-order valence-electron chi connectivity index (χ3n) is 3.30. The summed E-state index contributed by atoms with van der Waals surface area (Å²) in [4.78, 5) is 0. The molecule has 0 fully saturated rings. The Morgan fingerprint density at radius 1 is 1.39 bits per heavy atom. The first kappa shape index (κ1) is 14.5. The molecule has 0 heterocycles. The van der Waals surface area contributed by atoms with Crippen LogP contribution in [0.2, 0.25) is 0 Å². The van der Waals surface area contributed by atoms with Crippen molar-refractivity contribution >= 4 is 0 Å². The highest BCUT2D eigenvalue weighted by molar-refractivity contribution is 5.19. The highest BCUT2D eigenvalue weighted by Gasteiger charge is 2.29. The molecular weight excluding hydrogens is 220 g/mol. The van der Waals surface area contributed by atoms with E-state index in [1.54, 1.807) is 0 Å². The Balaban J connectivity index is 2.76. The van der Waals surface area contributed by atoms with Crippen molar-refractivity contribution in [3.63, 3.8) is 0 Å². The van der Waals surface area contributed by atoms with Gasteiger partial charge in [0.05, 0.1) is 6.07 Å². The van der Waals surface area contributed by atoms with E-state index in [9.17, 15) is 5.26 Å². The lowest BCUT2D eigenvalue weighted by Crippen LogP contribution is -2.41. The van der Waals surface area contributed by atoms with Crippen LogP contribution in [0, 0.1) is 16.7 Å². The lowest BCUT2D eigenvalue weighted by atomic mass is 9.81. The van der Waals surface area contributed by atoms with Gasteiger partial charge in [-0.05, 0) is 24.3 Å². The monoisotopic (exact) mass is 242 g/mol. The quantitative estimate of drug-likeness (QED) is 0.769. The molecule has 2 atom stereocenters. The van der Waals surface area contributed by atoms with Crippen LogP contribution in [0.4, 0.5) is 0 Å². The average molecular weight is 242 g/mol. The smallest absolute Gasteiger partial charge is 0.101 e. The molecule has 0 aliphatic heterocycles. The molecule has 1 aromatic rings. The van der Waals surface area contributed by atoms with Crippen LogP contribution in [-0.4, -0.2) is 6.04 Å². The van der Waals surface area contributed by atoms with E-state index < -0.39 is 0 Å². The zero-order valence-electron chi connectivity index (χ0n) is 11.5. The standard InChI is InChI=1S/C16H22N2/c1-5-11-16(3,4)15(12-17)18-13(2)14-9-7-6-8-10-14/h5-10,13,15,18H,1,11H2,2-4H3/t13?,15-/m0/s1. The van der Waals surface area contributed by atoms with Gasteiger partial charge in [-0.25, -0.2) is 0 Å². The Hall–Kier alpha value is -1.59. The van der Waals surface area contributed by atoms with E-state index in [-0.39, 0.29) is 17.5 Å². The molecule has 1 N–H and O–H groups in total. The van der Waals surface area contributed by atoms with Gasteiger partial charge in [-0.2, -0.15) is 5.26 Å². The fourth-order valence-electron chi connectivity index (χ4n) is 2.02. The van der Waals surface area contributed by atoms with Gasteiger partial charge in [0.2, 0.25) is 0 Å². The number of allylic oxidation sites excluding steroid dienone is 1. The maximum Gasteiger partial charge on any atom is 0.101 e. The van der Waals surface area contributed by atoms with Gasteiger partial charge in [0.1, 0.15) is 6.04 Å². The lowest BCUT2D eigenvalue weighted by Gasteiger charge is -2.31.